The molecule has 0 aromatic carbocycles. The molecular formula is C8H12N4. The zero-order valence-electron chi connectivity index (χ0n) is 6.77. The molecule has 0 bridgehead atoms. The highest BCUT2D eigenvalue weighted by molar-refractivity contribution is 4.84. The molecule has 2 heterocycles. The fraction of sp³-hybridized carbons (Fsp3) is 0.250. The SMILES string of the molecule is C1=CNCNC1.c1cncnc1. The van der Waals surface area contributed by atoms with E-state index in [2.05, 4.69) is 20.6 Å². The molecule has 0 spiro atoms. The molecule has 64 valence electrons. The third-order valence-electron chi connectivity index (χ3n) is 1.20. The molecule has 1 aromatic rings. The summed E-state index contributed by atoms with van der Waals surface area (Å²) < 4.78 is 0. The number of nitrogens with one attached hydrogen (secondary N) is 2. The molecule has 0 atom stereocenters. The summed E-state index contributed by atoms with van der Waals surface area (Å²) in [6.45, 7) is 1.92. The van der Waals surface area contributed by atoms with E-state index in [1.807, 2.05) is 12.3 Å². The van der Waals surface area contributed by atoms with Crippen molar-refractivity contribution in [2.45, 2.75) is 0 Å². The van der Waals surface area contributed by atoms with Crippen LogP contribution >= 0.6 is 0 Å². The first kappa shape index (κ1) is 8.67. The van der Waals surface area contributed by atoms with Crippen LogP contribution in [0.5, 0.6) is 0 Å². The smallest absolute Gasteiger partial charge is 0.115 e. The minimum atomic E-state index is 0.913. The molecule has 0 amide bonds. The van der Waals surface area contributed by atoms with Gasteiger partial charge in [0.05, 0.1) is 6.67 Å². The second kappa shape index (κ2) is 6.30. The molecule has 0 unspecified atom stereocenters. The first-order chi connectivity index (χ1) is 6.00. The summed E-state index contributed by atoms with van der Waals surface area (Å²) in [5, 5.41) is 6.08. The van der Waals surface area contributed by atoms with E-state index in [0.717, 1.165) is 13.2 Å². The Morgan fingerprint density at radius 3 is 2.17 bits per heavy atom. The van der Waals surface area contributed by atoms with Crippen LogP contribution in [0.1, 0.15) is 0 Å². The molecule has 1 aliphatic rings. The number of hydrogen-bond donors (Lipinski definition) is 2. The van der Waals surface area contributed by atoms with Crippen molar-refractivity contribution >= 4 is 0 Å². The fourth-order valence-corrected chi connectivity index (χ4v) is 0.682. The van der Waals surface area contributed by atoms with Gasteiger partial charge in [0.15, 0.2) is 0 Å². The number of aromatic nitrogens is 2. The van der Waals surface area contributed by atoms with E-state index in [0.29, 0.717) is 0 Å². The summed E-state index contributed by atoms with van der Waals surface area (Å²) in [6.07, 6.45) is 8.88. The third-order valence-corrected chi connectivity index (χ3v) is 1.20. The van der Waals surface area contributed by atoms with Gasteiger partial charge < -0.3 is 5.32 Å². The van der Waals surface area contributed by atoms with Crippen LogP contribution < -0.4 is 10.6 Å². The van der Waals surface area contributed by atoms with Gasteiger partial charge in [0, 0.05) is 18.9 Å². The molecule has 0 saturated heterocycles. The second-order valence-corrected chi connectivity index (χ2v) is 2.14. The van der Waals surface area contributed by atoms with Crippen molar-refractivity contribution in [2.24, 2.45) is 0 Å². The molecule has 0 radical (unpaired) electrons. The zero-order valence-corrected chi connectivity index (χ0v) is 6.77. The maximum Gasteiger partial charge on any atom is 0.115 e. The third kappa shape index (κ3) is 4.40. The first-order valence-corrected chi connectivity index (χ1v) is 3.79. The van der Waals surface area contributed by atoms with Gasteiger partial charge >= 0.3 is 0 Å². The van der Waals surface area contributed by atoms with Crippen LogP contribution in [-0.2, 0) is 0 Å². The normalized spacial score (nSPS) is 14.0. The van der Waals surface area contributed by atoms with Gasteiger partial charge in [-0.05, 0) is 12.3 Å². The summed E-state index contributed by atoms with van der Waals surface area (Å²) in [4.78, 5) is 7.35. The summed E-state index contributed by atoms with van der Waals surface area (Å²) in [5.74, 6) is 0. The minimum Gasteiger partial charge on any atom is -0.379 e. The van der Waals surface area contributed by atoms with Gasteiger partial charge in [-0.3, -0.25) is 5.32 Å². The van der Waals surface area contributed by atoms with Crippen molar-refractivity contribution in [1.82, 2.24) is 20.6 Å². The molecule has 2 rings (SSSR count). The molecule has 4 heteroatoms. The van der Waals surface area contributed by atoms with Gasteiger partial charge in [-0.1, -0.05) is 6.08 Å². The fourth-order valence-electron chi connectivity index (χ4n) is 0.682. The summed E-state index contributed by atoms with van der Waals surface area (Å²) in [7, 11) is 0. The minimum absolute atomic E-state index is 0.913. The summed E-state index contributed by atoms with van der Waals surface area (Å²) >= 11 is 0. The van der Waals surface area contributed by atoms with Gasteiger partial charge in [-0.2, -0.15) is 0 Å². The Bertz CT molecular complexity index is 175. The van der Waals surface area contributed by atoms with E-state index in [4.69, 9.17) is 0 Å². The maximum atomic E-state index is 3.67. The topological polar surface area (TPSA) is 49.8 Å². The van der Waals surface area contributed by atoms with Crippen LogP contribution in [0.25, 0.3) is 0 Å². The zero-order chi connectivity index (χ0) is 8.49. The van der Waals surface area contributed by atoms with Crippen molar-refractivity contribution in [3.8, 4) is 0 Å². The summed E-state index contributed by atoms with van der Waals surface area (Å²) in [6, 6.07) is 1.78. The van der Waals surface area contributed by atoms with Gasteiger partial charge in [-0.15, -0.1) is 0 Å². The molecule has 4 nitrogen and oxygen atoms in total. The van der Waals surface area contributed by atoms with Crippen LogP contribution in [0.15, 0.2) is 37.1 Å². The molecule has 1 aliphatic heterocycles. The predicted octanol–water partition coefficient (Wildman–Crippen LogP) is 0.127. The van der Waals surface area contributed by atoms with Gasteiger partial charge in [-0.25, -0.2) is 9.97 Å². The van der Waals surface area contributed by atoms with Crippen LogP contribution in [0.4, 0.5) is 0 Å². The Kier molecular flexibility index (Phi) is 4.55. The number of hydrogen-bond acceptors (Lipinski definition) is 4. The van der Waals surface area contributed by atoms with Crippen molar-refractivity contribution in [2.75, 3.05) is 13.2 Å². The van der Waals surface area contributed by atoms with Crippen LogP contribution in [0.2, 0.25) is 0 Å². The van der Waals surface area contributed by atoms with Gasteiger partial charge in [0.25, 0.3) is 0 Å². The first-order valence-electron chi connectivity index (χ1n) is 3.79. The highest BCUT2D eigenvalue weighted by Crippen LogP contribution is 1.69. The van der Waals surface area contributed by atoms with Crippen LogP contribution in [0.3, 0.4) is 0 Å². The van der Waals surface area contributed by atoms with Crippen molar-refractivity contribution < 1.29 is 0 Å². The second-order valence-electron chi connectivity index (χ2n) is 2.14. The number of rotatable bonds is 0. The van der Waals surface area contributed by atoms with Gasteiger partial charge in [0.2, 0.25) is 0 Å². The molecule has 0 fully saturated rings. The molecular weight excluding hydrogens is 152 g/mol. The van der Waals surface area contributed by atoms with Gasteiger partial charge in [0.1, 0.15) is 6.33 Å². The Balaban J connectivity index is 0.000000120. The Labute approximate surface area is 71.7 Å². The Morgan fingerprint density at radius 1 is 1.17 bits per heavy atom. The average molecular weight is 164 g/mol. The van der Waals surface area contributed by atoms with E-state index in [9.17, 15) is 0 Å². The standard InChI is InChI=1S/C4H8N2.C4H4N2/c2*1-2-5-4-6-3-1/h1-2,5-6H,3-4H2;1-4H. The molecule has 2 N–H and O–H groups in total. The summed E-state index contributed by atoms with van der Waals surface area (Å²) in [5.41, 5.74) is 0. The monoisotopic (exact) mass is 164 g/mol. The Morgan fingerprint density at radius 2 is 2.00 bits per heavy atom. The van der Waals surface area contributed by atoms with E-state index in [1.54, 1.807) is 18.5 Å². The predicted molar refractivity (Wildman–Crippen MR) is 47.2 cm³/mol. The Hall–Kier alpha value is -1.42. The number of nitrogens with zero attached hydrogens (tertiary/aromatic N) is 2. The lowest BCUT2D eigenvalue weighted by Crippen LogP contribution is -2.29. The molecule has 0 aliphatic carbocycles. The van der Waals surface area contributed by atoms with E-state index >= 15 is 0 Å². The van der Waals surface area contributed by atoms with Crippen molar-refractivity contribution in [3.63, 3.8) is 0 Å². The maximum absolute atomic E-state index is 3.67. The molecule has 12 heavy (non-hydrogen) atoms. The lowest BCUT2D eigenvalue weighted by atomic mass is 10.5. The lowest BCUT2D eigenvalue weighted by molar-refractivity contribution is 0.669. The van der Waals surface area contributed by atoms with Crippen molar-refractivity contribution in [1.29, 1.82) is 0 Å². The largest absolute Gasteiger partial charge is 0.379 e. The van der Waals surface area contributed by atoms with Crippen LogP contribution in [-0.4, -0.2) is 23.2 Å². The lowest BCUT2D eigenvalue weighted by Gasteiger charge is -2.05. The molecule has 1 aromatic heterocycles. The van der Waals surface area contributed by atoms with E-state index in [-0.39, 0.29) is 0 Å². The highest BCUT2D eigenvalue weighted by atomic mass is 15.1. The highest BCUT2D eigenvalue weighted by Gasteiger charge is 1.81. The van der Waals surface area contributed by atoms with E-state index < -0.39 is 0 Å². The average Bonchev–Trinajstić information content (AvgIpc) is 2.24. The quantitative estimate of drug-likeness (QED) is 0.572. The van der Waals surface area contributed by atoms with E-state index in [1.165, 1.54) is 6.33 Å². The van der Waals surface area contributed by atoms with Crippen molar-refractivity contribution in [3.05, 3.63) is 37.1 Å². The van der Waals surface area contributed by atoms with Crippen LogP contribution in [0, 0.1) is 0 Å². The molecule has 0 saturated carbocycles.